The average Bonchev–Trinajstić information content (AvgIpc) is 2.18. The molecule has 15 heavy (non-hydrogen) atoms. The number of nitrogens with zero attached hydrogens (tertiary/aromatic N) is 1. The summed E-state index contributed by atoms with van der Waals surface area (Å²) < 4.78 is 0. The second kappa shape index (κ2) is 5.85. The summed E-state index contributed by atoms with van der Waals surface area (Å²) in [6, 6.07) is 9.81. The predicted molar refractivity (Wildman–Crippen MR) is 62.7 cm³/mol. The van der Waals surface area contributed by atoms with Crippen LogP contribution in [0.3, 0.4) is 0 Å². The Hall–Kier alpha value is -0.900. The molecule has 0 amide bonds. The molecule has 0 aliphatic carbocycles. The number of hydrogen-bond acceptors (Lipinski definition) is 3. The van der Waals surface area contributed by atoms with Crippen LogP contribution in [0.15, 0.2) is 30.3 Å². The van der Waals surface area contributed by atoms with Crippen molar-refractivity contribution in [2.75, 3.05) is 20.6 Å². The van der Waals surface area contributed by atoms with Crippen molar-refractivity contribution in [1.29, 1.82) is 0 Å². The molecule has 3 nitrogen and oxygen atoms in total. The molecular formula is C12H20N2O. The van der Waals surface area contributed by atoms with Gasteiger partial charge in [-0.1, -0.05) is 30.3 Å². The lowest BCUT2D eigenvalue weighted by Crippen LogP contribution is -2.42. The van der Waals surface area contributed by atoms with Crippen molar-refractivity contribution in [2.45, 2.75) is 18.6 Å². The van der Waals surface area contributed by atoms with E-state index in [-0.39, 0.29) is 6.04 Å². The summed E-state index contributed by atoms with van der Waals surface area (Å²) in [5.74, 6) is 0. The third-order valence-corrected chi connectivity index (χ3v) is 2.36. The fraction of sp³-hybridized carbons (Fsp3) is 0.500. The van der Waals surface area contributed by atoms with E-state index >= 15 is 0 Å². The van der Waals surface area contributed by atoms with E-state index in [1.54, 1.807) is 0 Å². The van der Waals surface area contributed by atoms with Crippen molar-refractivity contribution in [3.8, 4) is 0 Å². The number of aliphatic hydroxyl groups is 1. The van der Waals surface area contributed by atoms with Crippen LogP contribution in [0.25, 0.3) is 0 Å². The molecule has 3 N–H and O–H groups in total. The zero-order valence-corrected chi connectivity index (χ0v) is 9.43. The Labute approximate surface area is 91.5 Å². The lowest BCUT2D eigenvalue weighted by molar-refractivity contribution is 0.111. The normalized spacial score (nSPS) is 15.3. The first-order valence-electron chi connectivity index (χ1n) is 5.22. The van der Waals surface area contributed by atoms with Gasteiger partial charge >= 0.3 is 0 Å². The summed E-state index contributed by atoms with van der Waals surface area (Å²) >= 11 is 0. The molecule has 1 aromatic carbocycles. The fourth-order valence-electron chi connectivity index (χ4n) is 1.53. The first-order valence-corrected chi connectivity index (χ1v) is 5.22. The van der Waals surface area contributed by atoms with Gasteiger partial charge < -0.3 is 15.7 Å². The van der Waals surface area contributed by atoms with Gasteiger partial charge in [0.2, 0.25) is 0 Å². The molecule has 3 heteroatoms. The van der Waals surface area contributed by atoms with Gasteiger partial charge in [0.25, 0.3) is 0 Å². The number of likely N-dealkylation sites (N-methyl/N-ethyl adjacent to an activating group) is 1. The first-order chi connectivity index (χ1) is 7.09. The molecule has 1 aromatic rings. The molecule has 0 saturated carbocycles. The third kappa shape index (κ3) is 4.42. The largest absolute Gasteiger partial charge is 0.390 e. The minimum atomic E-state index is -0.472. The van der Waals surface area contributed by atoms with E-state index < -0.39 is 6.10 Å². The number of hydrogen-bond donors (Lipinski definition) is 2. The lowest BCUT2D eigenvalue weighted by Gasteiger charge is -2.22. The molecule has 0 heterocycles. The molecule has 0 fully saturated rings. The smallest absolute Gasteiger partial charge is 0.0820 e. The maximum atomic E-state index is 9.78. The Kier molecular flexibility index (Phi) is 4.75. The molecule has 0 saturated heterocycles. The molecule has 84 valence electrons. The van der Waals surface area contributed by atoms with E-state index in [1.165, 1.54) is 5.56 Å². The third-order valence-electron chi connectivity index (χ3n) is 2.36. The van der Waals surface area contributed by atoms with E-state index in [4.69, 9.17) is 5.73 Å². The average molecular weight is 208 g/mol. The molecule has 2 atom stereocenters. The van der Waals surface area contributed by atoms with Crippen molar-refractivity contribution in [3.05, 3.63) is 35.9 Å². The molecular weight excluding hydrogens is 188 g/mol. The summed E-state index contributed by atoms with van der Waals surface area (Å²) in [5, 5.41) is 9.78. The predicted octanol–water partition coefficient (Wildman–Crippen LogP) is 0.479. The zero-order valence-electron chi connectivity index (χ0n) is 9.43. The van der Waals surface area contributed by atoms with Crippen molar-refractivity contribution < 1.29 is 5.11 Å². The van der Waals surface area contributed by atoms with Crippen molar-refractivity contribution in [3.63, 3.8) is 0 Å². The molecule has 0 aliphatic rings. The molecule has 1 unspecified atom stereocenters. The SMILES string of the molecule is CN(C)CC(O)[C@H](N)Cc1ccccc1. The van der Waals surface area contributed by atoms with Gasteiger partial charge in [0.15, 0.2) is 0 Å². The van der Waals surface area contributed by atoms with Gasteiger partial charge in [-0.3, -0.25) is 0 Å². The zero-order chi connectivity index (χ0) is 11.3. The van der Waals surface area contributed by atoms with Crippen LogP contribution in [-0.4, -0.2) is 42.8 Å². The molecule has 0 radical (unpaired) electrons. The monoisotopic (exact) mass is 208 g/mol. The molecule has 0 aliphatic heterocycles. The van der Waals surface area contributed by atoms with E-state index in [2.05, 4.69) is 0 Å². The van der Waals surface area contributed by atoms with E-state index in [9.17, 15) is 5.11 Å². The highest BCUT2D eigenvalue weighted by atomic mass is 16.3. The van der Waals surface area contributed by atoms with E-state index in [1.807, 2.05) is 49.3 Å². The quantitative estimate of drug-likeness (QED) is 0.740. The van der Waals surface area contributed by atoms with Crippen LogP contribution in [0.4, 0.5) is 0 Å². The highest BCUT2D eigenvalue weighted by molar-refractivity contribution is 5.16. The first kappa shape index (κ1) is 12.2. The topological polar surface area (TPSA) is 49.5 Å². The fourth-order valence-corrected chi connectivity index (χ4v) is 1.53. The highest BCUT2D eigenvalue weighted by Crippen LogP contribution is 2.04. The molecule has 0 aromatic heterocycles. The Morgan fingerprint density at radius 3 is 2.40 bits per heavy atom. The second-order valence-electron chi connectivity index (χ2n) is 4.18. The van der Waals surface area contributed by atoms with Crippen molar-refractivity contribution in [2.24, 2.45) is 5.73 Å². The summed E-state index contributed by atoms with van der Waals surface area (Å²) in [4.78, 5) is 1.94. The van der Waals surface area contributed by atoms with Gasteiger partial charge in [0.1, 0.15) is 0 Å². The van der Waals surface area contributed by atoms with Crippen LogP contribution < -0.4 is 5.73 Å². The molecule has 1 rings (SSSR count). The van der Waals surface area contributed by atoms with Crippen LogP contribution >= 0.6 is 0 Å². The van der Waals surface area contributed by atoms with Gasteiger partial charge in [0, 0.05) is 12.6 Å². The van der Waals surface area contributed by atoms with E-state index in [0.717, 1.165) is 6.42 Å². The number of rotatable bonds is 5. The Balaban J connectivity index is 2.45. The van der Waals surface area contributed by atoms with E-state index in [0.29, 0.717) is 6.54 Å². The summed E-state index contributed by atoms with van der Waals surface area (Å²) in [6.45, 7) is 0.605. The van der Waals surface area contributed by atoms with Crippen LogP contribution in [-0.2, 0) is 6.42 Å². The van der Waals surface area contributed by atoms with Crippen LogP contribution in [0.5, 0.6) is 0 Å². The standard InChI is InChI=1S/C12H20N2O/c1-14(2)9-12(15)11(13)8-10-6-4-3-5-7-10/h3-7,11-12,15H,8-9,13H2,1-2H3/t11-,12?/m1/s1. The lowest BCUT2D eigenvalue weighted by atomic mass is 10.0. The minimum absolute atomic E-state index is 0.199. The van der Waals surface area contributed by atoms with Gasteiger partial charge in [0.05, 0.1) is 6.10 Å². The van der Waals surface area contributed by atoms with Crippen LogP contribution in [0, 0.1) is 0 Å². The molecule has 0 spiro atoms. The number of aliphatic hydroxyl groups excluding tert-OH is 1. The van der Waals surface area contributed by atoms with Crippen molar-refractivity contribution in [1.82, 2.24) is 4.90 Å². The number of benzene rings is 1. The summed E-state index contributed by atoms with van der Waals surface area (Å²) in [6.07, 6.45) is 0.246. The highest BCUT2D eigenvalue weighted by Gasteiger charge is 2.15. The Morgan fingerprint density at radius 2 is 1.87 bits per heavy atom. The van der Waals surface area contributed by atoms with Gasteiger partial charge in [-0.15, -0.1) is 0 Å². The number of nitrogens with two attached hydrogens (primary N) is 1. The minimum Gasteiger partial charge on any atom is -0.390 e. The maximum Gasteiger partial charge on any atom is 0.0820 e. The van der Waals surface area contributed by atoms with Crippen molar-refractivity contribution >= 4 is 0 Å². The summed E-state index contributed by atoms with van der Waals surface area (Å²) in [7, 11) is 3.86. The molecule has 0 bridgehead atoms. The Bertz CT molecular complexity index is 274. The van der Waals surface area contributed by atoms with Crippen LogP contribution in [0.2, 0.25) is 0 Å². The van der Waals surface area contributed by atoms with Gasteiger partial charge in [-0.2, -0.15) is 0 Å². The second-order valence-corrected chi connectivity index (χ2v) is 4.18. The Morgan fingerprint density at radius 1 is 1.27 bits per heavy atom. The summed E-state index contributed by atoms with van der Waals surface area (Å²) in [5.41, 5.74) is 7.09. The maximum absolute atomic E-state index is 9.78. The van der Waals surface area contributed by atoms with Gasteiger partial charge in [-0.25, -0.2) is 0 Å². The van der Waals surface area contributed by atoms with Gasteiger partial charge in [-0.05, 0) is 26.1 Å². The van der Waals surface area contributed by atoms with Crippen LogP contribution in [0.1, 0.15) is 5.56 Å².